The maximum absolute atomic E-state index is 4.53. The van der Waals surface area contributed by atoms with Crippen LogP contribution in [0.3, 0.4) is 0 Å². The topological polar surface area (TPSA) is 24.9 Å². The van der Waals surface area contributed by atoms with Crippen LogP contribution >= 0.6 is 27.3 Å². The molecule has 2 aromatic rings. The van der Waals surface area contributed by atoms with Crippen LogP contribution in [0.4, 0.5) is 5.13 Å². The number of halogens is 1. The number of hydrogen-bond acceptors (Lipinski definition) is 3. The zero-order valence-corrected chi connectivity index (χ0v) is 10.7. The highest BCUT2D eigenvalue weighted by Crippen LogP contribution is 2.35. The fourth-order valence-electron chi connectivity index (χ4n) is 1.30. The van der Waals surface area contributed by atoms with Gasteiger partial charge < -0.3 is 5.32 Å². The highest BCUT2D eigenvalue weighted by atomic mass is 79.9. The van der Waals surface area contributed by atoms with Crippen LogP contribution in [0, 0.1) is 0 Å². The molecule has 1 aromatic carbocycles. The van der Waals surface area contributed by atoms with Crippen LogP contribution in [0.5, 0.6) is 0 Å². The molecular weight excluding hydrogens is 272 g/mol. The Morgan fingerprint density at radius 1 is 1.33 bits per heavy atom. The Kier molecular flexibility index (Phi) is 3.38. The normalized spacial score (nSPS) is 10.3. The van der Waals surface area contributed by atoms with Crippen molar-refractivity contribution in [2.75, 3.05) is 11.9 Å². The number of thiazole rings is 1. The molecule has 0 saturated heterocycles. The Hall–Kier alpha value is -0.870. The van der Waals surface area contributed by atoms with Crippen LogP contribution in [0.15, 0.2) is 34.1 Å². The van der Waals surface area contributed by atoms with Crippen molar-refractivity contribution in [1.82, 2.24) is 4.98 Å². The van der Waals surface area contributed by atoms with Gasteiger partial charge in [0.05, 0.1) is 9.48 Å². The number of nitrogens with one attached hydrogen (secondary N) is 1. The van der Waals surface area contributed by atoms with Crippen LogP contribution in [0.2, 0.25) is 0 Å². The Labute approximate surface area is 101 Å². The highest BCUT2D eigenvalue weighted by molar-refractivity contribution is 9.11. The Balaban J connectivity index is 2.36. The van der Waals surface area contributed by atoms with Crippen molar-refractivity contribution in [2.24, 2.45) is 0 Å². The molecule has 1 heterocycles. The highest BCUT2D eigenvalue weighted by Gasteiger charge is 2.09. The number of benzene rings is 1. The first kappa shape index (κ1) is 10.6. The SMILES string of the molecule is CCNc1nc(-c2ccccc2)c(Br)s1. The summed E-state index contributed by atoms with van der Waals surface area (Å²) < 4.78 is 1.07. The van der Waals surface area contributed by atoms with Gasteiger partial charge in [-0.05, 0) is 22.9 Å². The molecule has 15 heavy (non-hydrogen) atoms. The van der Waals surface area contributed by atoms with E-state index in [-0.39, 0.29) is 0 Å². The second-order valence-electron chi connectivity index (χ2n) is 3.04. The average Bonchev–Trinajstić information content (AvgIpc) is 2.61. The van der Waals surface area contributed by atoms with Gasteiger partial charge in [0.15, 0.2) is 5.13 Å². The van der Waals surface area contributed by atoms with Crippen molar-refractivity contribution >= 4 is 32.4 Å². The molecule has 0 aliphatic heterocycles. The van der Waals surface area contributed by atoms with E-state index in [1.807, 2.05) is 18.2 Å². The van der Waals surface area contributed by atoms with Crippen LogP contribution in [0.1, 0.15) is 6.92 Å². The molecule has 0 fully saturated rings. The van der Waals surface area contributed by atoms with Gasteiger partial charge in [0, 0.05) is 12.1 Å². The number of nitrogens with zero attached hydrogens (tertiary/aromatic N) is 1. The van der Waals surface area contributed by atoms with Crippen LogP contribution in [0.25, 0.3) is 11.3 Å². The van der Waals surface area contributed by atoms with E-state index in [1.54, 1.807) is 11.3 Å². The molecule has 0 unspecified atom stereocenters. The van der Waals surface area contributed by atoms with Crippen molar-refractivity contribution in [2.45, 2.75) is 6.92 Å². The van der Waals surface area contributed by atoms with Gasteiger partial charge in [0.25, 0.3) is 0 Å². The molecule has 0 amide bonds. The predicted octanol–water partition coefficient (Wildman–Crippen LogP) is 4.00. The van der Waals surface area contributed by atoms with E-state index in [2.05, 4.69) is 45.3 Å². The van der Waals surface area contributed by atoms with Crippen LogP contribution < -0.4 is 5.32 Å². The number of hydrogen-bond donors (Lipinski definition) is 1. The lowest BCUT2D eigenvalue weighted by Gasteiger charge is -1.96. The standard InChI is InChI=1S/C11H11BrN2S/c1-2-13-11-14-9(10(12)15-11)8-6-4-3-5-7-8/h3-7H,2H2,1H3,(H,13,14). The van der Waals surface area contributed by atoms with Gasteiger partial charge in [-0.25, -0.2) is 4.98 Å². The molecule has 4 heteroatoms. The summed E-state index contributed by atoms with van der Waals surface area (Å²) in [6.45, 7) is 2.96. The molecule has 0 spiro atoms. The van der Waals surface area contributed by atoms with Gasteiger partial charge in [0.2, 0.25) is 0 Å². The van der Waals surface area contributed by atoms with Gasteiger partial charge in [-0.15, -0.1) is 0 Å². The second kappa shape index (κ2) is 4.77. The summed E-state index contributed by atoms with van der Waals surface area (Å²) in [5.41, 5.74) is 2.15. The van der Waals surface area contributed by atoms with Crippen molar-refractivity contribution < 1.29 is 0 Å². The number of aromatic nitrogens is 1. The van der Waals surface area contributed by atoms with E-state index in [1.165, 1.54) is 0 Å². The van der Waals surface area contributed by atoms with E-state index in [4.69, 9.17) is 0 Å². The molecule has 0 atom stereocenters. The Bertz CT molecular complexity index is 439. The largest absolute Gasteiger partial charge is 0.362 e. The molecule has 0 saturated carbocycles. The summed E-state index contributed by atoms with van der Waals surface area (Å²) in [5, 5.41) is 4.18. The lowest BCUT2D eigenvalue weighted by Crippen LogP contribution is -1.94. The Morgan fingerprint density at radius 3 is 2.73 bits per heavy atom. The van der Waals surface area contributed by atoms with Crippen LogP contribution in [-0.4, -0.2) is 11.5 Å². The summed E-state index contributed by atoms with van der Waals surface area (Å²) in [6.07, 6.45) is 0. The lowest BCUT2D eigenvalue weighted by atomic mass is 10.2. The molecule has 2 rings (SSSR count). The minimum absolute atomic E-state index is 0.897. The van der Waals surface area contributed by atoms with Crippen molar-refractivity contribution in [1.29, 1.82) is 0 Å². The minimum Gasteiger partial charge on any atom is -0.362 e. The lowest BCUT2D eigenvalue weighted by molar-refractivity contribution is 1.19. The van der Waals surface area contributed by atoms with Gasteiger partial charge in [0.1, 0.15) is 0 Å². The predicted molar refractivity (Wildman–Crippen MR) is 69.4 cm³/mol. The summed E-state index contributed by atoms with van der Waals surface area (Å²) in [7, 11) is 0. The molecule has 1 aromatic heterocycles. The van der Waals surface area contributed by atoms with E-state index in [9.17, 15) is 0 Å². The van der Waals surface area contributed by atoms with E-state index in [0.717, 1.165) is 26.7 Å². The van der Waals surface area contributed by atoms with E-state index in [0.29, 0.717) is 0 Å². The van der Waals surface area contributed by atoms with Crippen molar-refractivity contribution in [3.05, 3.63) is 34.1 Å². The van der Waals surface area contributed by atoms with Gasteiger partial charge in [-0.3, -0.25) is 0 Å². The molecule has 0 aliphatic carbocycles. The summed E-state index contributed by atoms with van der Waals surface area (Å²) >= 11 is 5.17. The van der Waals surface area contributed by atoms with Crippen molar-refractivity contribution in [3.63, 3.8) is 0 Å². The third-order valence-corrected chi connectivity index (χ3v) is 3.62. The first-order chi connectivity index (χ1) is 7.31. The third kappa shape index (κ3) is 2.38. The van der Waals surface area contributed by atoms with Gasteiger partial charge >= 0.3 is 0 Å². The second-order valence-corrected chi connectivity index (χ2v) is 5.35. The fraction of sp³-hybridized carbons (Fsp3) is 0.182. The first-order valence-corrected chi connectivity index (χ1v) is 6.38. The van der Waals surface area contributed by atoms with E-state index < -0.39 is 0 Å². The quantitative estimate of drug-likeness (QED) is 0.920. The monoisotopic (exact) mass is 282 g/mol. The van der Waals surface area contributed by atoms with Gasteiger partial charge in [-0.2, -0.15) is 0 Å². The summed E-state index contributed by atoms with van der Waals surface area (Å²) in [6, 6.07) is 10.2. The minimum atomic E-state index is 0.897. The van der Waals surface area contributed by atoms with Gasteiger partial charge in [-0.1, -0.05) is 41.7 Å². The maximum atomic E-state index is 4.53. The first-order valence-electron chi connectivity index (χ1n) is 4.77. The zero-order valence-electron chi connectivity index (χ0n) is 8.33. The fourth-order valence-corrected chi connectivity index (χ4v) is 2.86. The molecule has 0 aliphatic rings. The molecule has 2 nitrogen and oxygen atoms in total. The number of rotatable bonds is 3. The van der Waals surface area contributed by atoms with Crippen LogP contribution in [-0.2, 0) is 0 Å². The molecule has 0 bridgehead atoms. The smallest absolute Gasteiger partial charge is 0.184 e. The zero-order chi connectivity index (χ0) is 10.7. The Morgan fingerprint density at radius 2 is 2.07 bits per heavy atom. The van der Waals surface area contributed by atoms with Crippen molar-refractivity contribution in [3.8, 4) is 11.3 Å². The molecular formula is C11H11BrN2S. The summed E-state index contributed by atoms with van der Waals surface area (Å²) in [4.78, 5) is 4.53. The molecule has 78 valence electrons. The molecule has 1 N–H and O–H groups in total. The number of anilines is 1. The summed E-state index contributed by atoms with van der Waals surface area (Å²) in [5.74, 6) is 0. The molecule has 0 radical (unpaired) electrons. The average molecular weight is 283 g/mol. The maximum Gasteiger partial charge on any atom is 0.184 e. The third-order valence-electron chi connectivity index (χ3n) is 1.96. The van der Waals surface area contributed by atoms with E-state index >= 15 is 0 Å².